The number of allylic oxidation sites excluding steroid dienone is 1. The Morgan fingerprint density at radius 2 is 2.42 bits per heavy atom. The highest BCUT2D eigenvalue weighted by atomic mass is 32.1. The third kappa shape index (κ3) is 5.89. The average Bonchev–Trinajstić information content (AvgIpc) is 2.85. The van der Waals surface area contributed by atoms with Crippen molar-refractivity contribution in [3.8, 4) is 0 Å². The van der Waals surface area contributed by atoms with Crippen molar-refractivity contribution in [1.29, 1.82) is 0 Å². The lowest BCUT2D eigenvalue weighted by Gasteiger charge is -2.01. The van der Waals surface area contributed by atoms with E-state index in [2.05, 4.69) is 22.4 Å². The Morgan fingerprint density at radius 1 is 1.63 bits per heavy atom. The summed E-state index contributed by atoms with van der Waals surface area (Å²) in [6.45, 7) is 4.11. The van der Waals surface area contributed by atoms with Crippen LogP contribution < -0.4 is 10.7 Å². The highest BCUT2D eigenvalue weighted by molar-refractivity contribution is 7.80. The van der Waals surface area contributed by atoms with E-state index in [1.165, 1.54) is 12.3 Å². The van der Waals surface area contributed by atoms with Gasteiger partial charge < -0.3 is 5.32 Å². The largest absolute Gasteiger partial charge is 0.358 e. The Labute approximate surface area is 119 Å². The van der Waals surface area contributed by atoms with Crippen molar-refractivity contribution >= 4 is 46.0 Å². The van der Waals surface area contributed by atoms with Crippen molar-refractivity contribution in [3.63, 3.8) is 0 Å². The van der Waals surface area contributed by atoms with Crippen LogP contribution in [0.3, 0.4) is 0 Å². The lowest BCUT2D eigenvalue weighted by atomic mass is 10.4. The van der Waals surface area contributed by atoms with Gasteiger partial charge in [0.15, 0.2) is 5.11 Å². The first-order valence-electron chi connectivity index (χ1n) is 5.22. The summed E-state index contributed by atoms with van der Waals surface area (Å²) in [6, 6.07) is 3.14. The van der Waals surface area contributed by atoms with Gasteiger partial charge in [0.05, 0.1) is 4.92 Å². The van der Waals surface area contributed by atoms with Crippen molar-refractivity contribution in [3.05, 3.63) is 45.9 Å². The minimum Gasteiger partial charge on any atom is -0.358 e. The molecule has 0 amide bonds. The third-order valence-electron chi connectivity index (χ3n) is 1.79. The number of thiophene rings is 1. The summed E-state index contributed by atoms with van der Waals surface area (Å²) in [5.74, 6) is 0. The number of hydrogen-bond donors (Lipinski definition) is 2. The fraction of sp³-hybridized carbons (Fsp3) is 0.0909. The zero-order valence-electron chi connectivity index (χ0n) is 9.91. The molecule has 0 bridgehead atoms. The molecule has 0 radical (unpaired) electrons. The first kappa shape index (κ1) is 15.0. The maximum Gasteiger partial charge on any atom is 0.324 e. The third-order valence-corrected chi connectivity index (χ3v) is 3.02. The van der Waals surface area contributed by atoms with E-state index >= 15 is 0 Å². The molecule has 100 valence electrons. The topological polar surface area (TPSA) is 79.6 Å². The molecule has 0 atom stereocenters. The van der Waals surface area contributed by atoms with E-state index in [1.54, 1.807) is 24.3 Å². The van der Waals surface area contributed by atoms with E-state index in [0.717, 1.165) is 16.2 Å². The highest BCUT2D eigenvalue weighted by Crippen LogP contribution is 2.24. The average molecular weight is 296 g/mol. The van der Waals surface area contributed by atoms with E-state index < -0.39 is 4.92 Å². The fourth-order valence-corrected chi connectivity index (χ4v) is 1.88. The Morgan fingerprint density at radius 3 is 3.05 bits per heavy atom. The highest BCUT2D eigenvalue weighted by Gasteiger charge is 2.06. The number of hydrazone groups is 1. The van der Waals surface area contributed by atoms with E-state index in [1.807, 2.05) is 0 Å². The van der Waals surface area contributed by atoms with Gasteiger partial charge in [-0.3, -0.25) is 15.5 Å². The van der Waals surface area contributed by atoms with Crippen LogP contribution in [0, 0.1) is 10.1 Å². The normalized spacial score (nSPS) is 10.7. The molecule has 2 N–H and O–H groups in total. The van der Waals surface area contributed by atoms with Crippen LogP contribution in [0.4, 0.5) is 5.00 Å². The van der Waals surface area contributed by atoms with Crippen LogP contribution in [-0.2, 0) is 0 Å². The van der Waals surface area contributed by atoms with Crippen molar-refractivity contribution < 1.29 is 4.92 Å². The lowest BCUT2D eigenvalue weighted by Crippen LogP contribution is -2.31. The van der Waals surface area contributed by atoms with Crippen LogP contribution in [-0.4, -0.2) is 22.8 Å². The molecule has 1 aromatic heterocycles. The molecule has 19 heavy (non-hydrogen) atoms. The molecule has 0 aliphatic heterocycles. The van der Waals surface area contributed by atoms with Gasteiger partial charge in [-0.15, -0.1) is 6.58 Å². The van der Waals surface area contributed by atoms with E-state index in [9.17, 15) is 10.1 Å². The van der Waals surface area contributed by atoms with Crippen LogP contribution in [0.5, 0.6) is 0 Å². The molecular formula is C11H12N4O2S2. The predicted molar refractivity (Wildman–Crippen MR) is 82.4 cm³/mol. The Kier molecular flexibility index (Phi) is 6.41. The summed E-state index contributed by atoms with van der Waals surface area (Å²) in [6.07, 6.45) is 6.58. The molecule has 0 fully saturated rings. The molecule has 0 spiro atoms. The number of nitrogens with one attached hydrogen (secondary N) is 2. The number of thiocarbonyl (C=S) groups is 1. The second-order valence-electron chi connectivity index (χ2n) is 3.18. The molecule has 0 aromatic carbocycles. The zero-order valence-corrected chi connectivity index (χ0v) is 11.5. The Bertz CT molecular complexity index is 523. The molecule has 8 heteroatoms. The standard InChI is InChI=1S/C11H12N4O2S2/c1-2-7-12-11(18)14-13-8-3-4-9-5-6-10(19-9)15(16)17/h2-6,8H,1,7H2,(H2,12,14,18)/b4-3+,13-8+. The molecule has 0 saturated heterocycles. The molecule has 0 unspecified atom stereocenters. The summed E-state index contributed by atoms with van der Waals surface area (Å²) in [7, 11) is 0. The van der Waals surface area contributed by atoms with E-state index in [0.29, 0.717) is 11.7 Å². The number of rotatable bonds is 6. The zero-order chi connectivity index (χ0) is 14.1. The molecule has 0 saturated carbocycles. The SMILES string of the molecule is C=CCNC(=S)N/N=C/C=C/c1ccc([N+](=O)[O-])s1. The molecule has 1 aromatic rings. The van der Waals surface area contributed by atoms with Crippen molar-refractivity contribution in [1.82, 2.24) is 10.7 Å². The minimum absolute atomic E-state index is 0.115. The molecule has 1 heterocycles. The van der Waals surface area contributed by atoms with Crippen molar-refractivity contribution in [2.45, 2.75) is 0 Å². The van der Waals surface area contributed by atoms with Gasteiger partial charge in [-0.05, 0) is 30.4 Å². The number of nitro groups is 1. The van der Waals surface area contributed by atoms with Crippen molar-refractivity contribution in [2.24, 2.45) is 5.10 Å². The first-order chi connectivity index (χ1) is 9.13. The second kappa shape index (κ2) is 8.11. The second-order valence-corrected chi connectivity index (χ2v) is 4.68. The molecular weight excluding hydrogens is 284 g/mol. The lowest BCUT2D eigenvalue weighted by molar-refractivity contribution is -0.380. The minimum atomic E-state index is -0.415. The molecule has 1 rings (SSSR count). The van der Waals surface area contributed by atoms with Gasteiger partial charge in [0.2, 0.25) is 0 Å². The summed E-state index contributed by atoms with van der Waals surface area (Å²) < 4.78 is 0. The predicted octanol–water partition coefficient (Wildman–Crippen LogP) is 2.31. The van der Waals surface area contributed by atoms with Crippen LogP contribution in [0.1, 0.15) is 4.88 Å². The van der Waals surface area contributed by atoms with Crippen LogP contribution >= 0.6 is 23.6 Å². The van der Waals surface area contributed by atoms with Crippen molar-refractivity contribution in [2.75, 3.05) is 6.54 Å². The summed E-state index contributed by atoms with van der Waals surface area (Å²) in [5.41, 5.74) is 2.61. The molecule has 0 aliphatic carbocycles. The van der Waals surface area contributed by atoms with E-state index in [4.69, 9.17) is 12.2 Å². The van der Waals surface area contributed by atoms with E-state index in [-0.39, 0.29) is 5.00 Å². The van der Waals surface area contributed by atoms with Gasteiger partial charge in [-0.25, -0.2) is 0 Å². The number of nitrogens with zero attached hydrogens (tertiary/aromatic N) is 2. The first-order valence-corrected chi connectivity index (χ1v) is 6.44. The summed E-state index contributed by atoms with van der Waals surface area (Å²) in [4.78, 5) is 10.8. The smallest absolute Gasteiger partial charge is 0.324 e. The monoisotopic (exact) mass is 296 g/mol. The number of hydrogen-bond acceptors (Lipinski definition) is 5. The van der Waals surface area contributed by atoms with Crippen LogP contribution in [0.2, 0.25) is 0 Å². The Hall–Kier alpha value is -2.06. The molecule has 6 nitrogen and oxygen atoms in total. The van der Waals surface area contributed by atoms with Gasteiger partial charge in [-0.1, -0.05) is 17.4 Å². The quantitative estimate of drug-likeness (QED) is 0.277. The van der Waals surface area contributed by atoms with Gasteiger partial charge in [0.1, 0.15) is 0 Å². The Balaban J connectivity index is 2.38. The van der Waals surface area contributed by atoms with Crippen LogP contribution in [0.15, 0.2) is 36.0 Å². The van der Waals surface area contributed by atoms with Gasteiger partial charge in [-0.2, -0.15) is 5.10 Å². The van der Waals surface area contributed by atoms with Gasteiger partial charge in [0.25, 0.3) is 0 Å². The summed E-state index contributed by atoms with van der Waals surface area (Å²) in [5, 5.41) is 17.7. The summed E-state index contributed by atoms with van der Waals surface area (Å²) >= 11 is 6.01. The van der Waals surface area contributed by atoms with Crippen LogP contribution in [0.25, 0.3) is 6.08 Å². The van der Waals surface area contributed by atoms with Gasteiger partial charge >= 0.3 is 5.00 Å². The fourth-order valence-electron chi connectivity index (χ4n) is 1.01. The maximum atomic E-state index is 10.5. The van der Waals surface area contributed by atoms with Gasteiger partial charge in [0, 0.05) is 23.7 Å². The molecule has 0 aliphatic rings. The maximum absolute atomic E-state index is 10.5.